The van der Waals surface area contributed by atoms with Crippen LogP contribution in [0.15, 0.2) is 41.8 Å². The first-order valence-electron chi connectivity index (χ1n) is 8.30. The van der Waals surface area contributed by atoms with Crippen LogP contribution in [0.5, 0.6) is 5.75 Å². The van der Waals surface area contributed by atoms with E-state index in [1.54, 1.807) is 16.2 Å². The molecule has 0 spiro atoms. The van der Waals surface area contributed by atoms with Gasteiger partial charge in [0, 0.05) is 24.1 Å². The predicted octanol–water partition coefficient (Wildman–Crippen LogP) is 4.14. The minimum Gasteiger partial charge on any atom is -0.491 e. The van der Waals surface area contributed by atoms with Crippen LogP contribution in [0.3, 0.4) is 0 Å². The second-order valence-corrected chi connectivity index (χ2v) is 7.06. The summed E-state index contributed by atoms with van der Waals surface area (Å²) < 4.78 is 11.4. The fourth-order valence-corrected chi connectivity index (χ4v) is 3.61. The standard InChI is InChI=1S/C19H23NO3S/c1-14(18-9-5-11-24-18)20(2)19(21)15-6-3-7-16(12-15)23-13-17-8-4-10-22-17/h3,5-7,9,11-12,14,17H,4,8,10,13H2,1-2H3. The number of ether oxygens (including phenoxy) is 2. The summed E-state index contributed by atoms with van der Waals surface area (Å²) >= 11 is 1.66. The van der Waals surface area contributed by atoms with Crippen LogP contribution in [0.25, 0.3) is 0 Å². The largest absolute Gasteiger partial charge is 0.491 e. The minimum atomic E-state index is -0.00142. The van der Waals surface area contributed by atoms with Crippen molar-refractivity contribution in [1.82, 2.24) is 4.90 Å². The van der Waals surface area contributed by atoms with Crippen LogP contribution >= 0.6 is 11.3 Å². The van der Waals surface area contributed by atoms with E-state index in [9.17, 15) is 4.79 Å². The van der Waals surface area contributed by atoms with Gasteiger partial charge < -0.3 is 14.4 Å². The lowest BCUT2D eigenvalue weighted by atomic mass is 10.1. The molecule has 4 nitrogen and oxygen atoms in total. The van der Waals surface area contributed by atoms with Gasteiger partial charge in [-0.25, -0.2) is 0 Å². The van der Waals surface area contributed by atoms with E-state index in [4.69, 9.17) is 9.47 Å². The molecule has 0 bridgehead atoms. The van der Waals surface area contributed by atoms with E-state index in [0.717, 1.165) is 19.4 Å². The maximum Gasteiger partial charge on any atom is 0.254 e. The van der Waals surface area contributed by atoms with Gasteiger partial charge >= 0.3 is 0 Å². The zero-order chi connectivity index (χ0) is 16.9. The van der Waals surface area contributed by atoms with Crippen molar-refractivity contribution in [2.24, 2.45) is 0 Å². The average Bonchev–Trinajstić information content (AvgIpc) is 3.31. The van der Waals surface area contributed by atoms with Crippen molar-refractivity contribution in [2.75, 3.05) is 20.3 Å². The SMILES string of the molecule is CC(c1cccs1)N(C)C(=O)c1cccc(OCC2CCCO2)c1. The van der Waals surface area contributed by atoms with Crippen molar-refractivity contribution in [3.05, 3.63) is 52.2 Å². The molecule has 1 aromatic carbocycles. The highest BCUT2D eigenvalue weighted by molar-refractivity contribution is 7.10. The molecule has 0 saturated carbocycles. The van der Waals surface area contributed by atoms with Crippen LogP contribution in [0, 0.1) is 0 Å². The lowest BCUT2D eigenvalue weighted by Crippen LogP contribution is -2.29. The Bertz CT molecular complexity index is 665. The van der Waals surface area contributed by atoms with E-state index >= 15 is 0 Å². The monoisotopic (exact) mass is 345 g/mol. The van der Waals surface area contributed by atoms with Crippen LogP contribution in [0.2, 0.25) is 0 Å². The quantitative estimate of drug-likeness (QED) is 0.790. The Balaban J connectivity index is 1.64. The van der Waals surface area contributed by atoms with Gasteiger partial charge in [0.2, 0.25) is 0 Å². The molecule has 1 amide bonds. The maximum absolute atomic E-state index is 12.7. The molecule has 0 aliphatic carbocycles. The summed E-state index contributed by atoms with van der Waals surface area (Å²) in [4.78, 5) is 15.7. The van der Waals surface area contributed by atoms with E-state index in [1.165, 1.54) is 4.88 Å². The number of thiophene rings is 1. The number of amides is 1. The smallest absolute Gasteiger partial charge is 0.254 e. The molecule has 1 saturated heterocycles. The first-order chi connectivity index (χ1) is 11.6. The summed E-state index contributed by atoms with van der Waals surface area (Å²) in [7, 11) is 1.84. The molecule has 0 N–H and O–H groups in total. The fourth-order valence-electron chi connectivity index (χ4n) is 2.78. The molecule has 1 aliphatic rings. The summed E-state index contributed by atoms with van der Waals surface area (Å²) in [6, 6.07) is 11.5. The summed E-state index contributed by atoms with van der Waals surface area (Å²) in [5.74, 6) is 0.715. The molecular formula is C19H23NO3S. The van der Waals surface area contributed by atoms with E-state index in [-0.39, 0.29) is 18.1 Å². The number of carbonyl (C=O) groups excluding carboxylic acids is 1. The van der Waals surface area contributed by atoms with Gasteiger partial charge in [0.25, 0.3) is 5.91 Å². The number of benzene rings is 1. The van der Waals surface area contributed by atoms with Gasteiger partial charge in [-0.05, 0) is 49.4 Å². The molecule has 2 unspecified atom stereocenters. The molecule has 128 valence electrons. The Morgan fingerprint density at radius 1 is 1.42 bits per heavy atom. The third-order valence-electron chi connectivity index (χ3n) is 4.40. The molecule has 2 atom stereocenters. The Hall–Kier alpha value is -1.85. The van der Waals surface area contributed by atoms with Crippen LogP contribution in [0.1, 0.15) is 41.0 Å². The first kappa shape index (κ1) is 17.0. The minimum absolute atomic E-state index is 0.00142. The third-order valence-corrected chi connectivity index (χ3v) is 5.44. The Morgan fingerprint density at radius 3 is 3.00 bits per heavy atom. The predicted molar refractivity (Wildman–Crippen MR) is 95.7 cm³/mol. The summed E-state index contributed by atoms with van der Waals surface area (Å²) in [6.07, 6.45) is 2.31. The number of carbonyl (C=O) groups is 1. The van der Waals surface area contributed by atoms with E-state index in [2.05, 4.69) is 6.07 Å². The van der Waals surface area contributed by atoms with Gasteiger partial charge in [0.1, 0.15) is 12.4 Å². The lowest BCUT2D eigenvalue weighted by molar-refractivity contribution is 0.0677. The maximum atomic E-state index is 12.7. The summed E-state index contributed by atoms with van der Waals surface area (Å²) in [6.45, 7) is 3.40. The molecule has 1 aromatic heterocycles. The molecule has 5 heteroatoms. The van der Waals surface area contributed by atoms with Crippen molar-refractivity contribution in [2.45, 2.75) is 31.9 Å². The highest BCUT2D eigenvalue weighted by Gasteiger charge is 2.20. The summed E-state index contributed by atoms with van der Waals surface area (Å²) in [5.41, 5.74) is 0.644. The van der Waals surface area contributed by atoms with Gasteiger partial charge in [-0.15, -0.1) is 11.3 Å². The highest BCUT2D eigenvalue weighted by Crippen LogP contribution is 2.25. The molecule has 0 radical (unpaired) electrons. The number of hydrogen-bond donors (Lipinski definition) is 0. The Morgan fingerprint density at radius 2 is 2.29 bits per heavy atom. The molecule has 1 aliphatic heterocycles. The van der Waals surface area contributed by atoms with Crippen molar-refractivity contribution in [1.29, 1.82) is 0 Å². The highest BCUT2D eigenvalue weighted by atomic mass is 32.1. The average molecular weight is 345 g/mol. The van der Waals surface area contributed by atoms with Gasteiger partial charge in [-0.1, -0.05) is 12.1 Å². The lowest BCUT2D eigenvalue weighted by Gasteiger charge is -2.24. The van der Waals surface area contributed by atoms with E-state index in [0.29, 0.717) is 17.9 Å². The third kappa shape index (κ3) is 3.97. The normalized spacial score (nSPS) is 18.3. The second kappa shape index (κ2) is 7.81. The zero-order valence-corrected chi connectivity index (χ0v) is 14.9. The Kier molecular flexibility index (Phi) is 5.53. The van der Waals surface area contributed by atoms with Crippen molar-refractivity contribution < 1.29 is 14.3 Å². The molecule has 3 rings (SSSR count). The van der Waals surface area contributed by atoms with Gasteiger partial charge in [0.05, 0.1) is 12.1 Å². The van der Waals surface area contributed by atoms with Crippen LogP contribution in [-0.4, -0.2) is 37.2 Å². The van der Waals surface area contributed by atoms with Gasteiger partial charge in [-0.3, -0.25) is 4.79 Å². The van der Waals surface area contributed by atoms with Crippen molar-refractivity contribution in [3.63, 3.8) is 0 Å². The van der Waals surface area contributed by atoms with Crippen LogP contribution in [-0.2, 0) is 4.74 Å². The molecule has 2 aromatic rings. The van der Waals surface area contributed by atoms with Crippen LogP contribution < -0.4 is 4.74 Å². The summed E-state index contributed by atoms with van der Waals surface area (Å²) in [5, 5.41) is 2.03. The molecule has 1 fully saturated rings. The molecule has 24 heavy (non-hydrogen) atoms. The van der Waals surface area contributed by atoms with Crippen molar-refractivity contribution in [3.8, 4) is 5.75 Å². The fraction of sp³-hybridized carbons (Fsp3) is 0.421. The number of nitrogens with zero attached hydrogens (tertiary/aromatic N) is 1. The van der Waals surface area contributed by atoms with E-state index < -0.39 is 0 Å². The molecular weight excluding hydrogens is 322 g/mol. The first-order valence-corrected chi connectivity index (χ1v) is 9.18. The van der Waals surface area contributed by atoms with Gasteiger partial charge in [0.15, 0.2) is 0 Å². The number of hydrogen-bond acceptors (Lipinski definition) is 4. The van der Waals surface area contributed by atoms with Crippen LogP contribution in [0.4, 0.5) is 0 Å². The van der Waals surface area contributed by atoms with Crippen molar-refractivity contribution >= 4 is 17.2 Å². The molecule has 2 heterocycles. The Labute approximate surface area is 147 Å². The second-order valence-electron chi connectivity index (χ2n) is 6.08. The topological polar surface area (TPSA) is 38.8 Å². The van der Waals surface area contributed by atoms with Gasteiger partial charge in [-0.2, -0.15) is 0 Å². The van der Waals surface area contributed by atoms with E-state index in [1.807, 2.05) is 49.7 Å². The number of rotatable bonds is 6. The zero-order valence-electron chi connectivity index (χ0n) is 14.1.